The smallest absolute Gasteiger partial charge is 0.376 e. The van der Waals surface area contributed by atoms with Crippen molar-refractivity contribution >= 4 is 0 Å². The van der Waals surface area contributed by atoms with Crippen molar-refractivity contribution in [1.82, 2.24) is 25.1 Å². The number of aryl methyl sites for hydroxylation is 1. The highest BCUT2D eigenvalue weighted by atomic mass is 19.4. The van der Waals surface area contributed by atoms with Crippen LogP contribution in [0.1, 0.15) is 71.8 Å². The van der Waals surface area contributed by atoms with Gasteiger partial charge in [-0.1, -0.05) is 60.7 Å². The van der Waals surface area contributed by atoms with Gasteiger partial charge in [-0.3, -0.25) is 4.90 Å². The zero-order valence-corrected chi connectivity index (χ0v) is 24.8. The van der Waals surface area contributed by atoms with E-state index in [9.17, 15) is 26.3 Å². The molecule has 0 aliphatic carbocycles. The molecule has 0 saturated carbocycles. The van der Waals surface area contributed by atoms with Crippen LogP contribution in [0.2, 0.25) is 0 Å². The van der Waals surface area contributed by atoms with Crippen LogP contribution in [-0.4, -0.2) is 43.9 Å². The molecule has 3 heterocycles. The third-order valence-corrected chi connectivity index (χ3v) is 9.39. The van der Waals surface area contributed by atoms with Crippen molar-refractivity contribution in [3.8, 4) is 0 Å². The average Bonchev–Trinajstić information content (AvgIpc) is 3.55. The lowest BCUT2D eigenvalue weighted by Gasteiger charge is -2.52. The van der Waals surface area contributed by atoms with Crippen LogP contribution in [0.4, 0.5) is 26.3 Å². The highest BCUT2D eigenvalue weighted by Crippen LogP contribution is 2.59. The Labute approximate surface area is 257 Å². The molecule has 5 atom stereocenters. The van der Waals surface area contributed by atoms with Crippen LogP contribution in [0.3, 0.4) is 0 Å². The van der Waals surface area contributed by atoms with Gasteiger partial charge in [0.2, 0.25) is 0 Å². The Morgan fingerprint density at radius 1 is 0.889 bits per heavy atom. The quantitative estimate of drug-likeness (QED) is 0.189. The molecule has 2 bridgehead atoms. The summed E-state index contributed by atoms with van der Waals surface area (Å²) in [6, 6.07) is 21.8. The normalized spacial score (nSPS) is 24.6. The van der Waals surface area contributed by atoms with Gasteiger partial charge in [0.05, 0.1) is 29.4 Å². The van der Waals surface area contributed by atoms with E-state index in [2.05, 4.69) is 51.6 Å². The summed E-state index contributed by atoms with van der Waals surface area (Å²) < 4.78 is 89.3. The largest absolute Gasteiger partial charge is 0.416 e. The maximum Gasteiger partial charge on any atom is 0.416 e. The fraction of sp³-hybridized carbons (Fsp3) is 0.424. The maximum atomic E-state index is 13.5. The fourth-order valence-corrected chi connectivity index (χ4v) is 7.49. The summed E-state index contributed by atoms with van der Waals surface area (Å²) in [6.45, 7) is 2.10. The van der Waals surface area contributed by atoms with Crippen LogP contribution in [0.15, 0.2) is 78.9 Å². The van der Waals surface area contributed by atoms with Crippen LogP contribution in [0.5, 0.6) is 0 Å². The molecular weight excluding hydrogens is 596 g/mol. The van der Waals surface area contributed by atoms with Crippen molar-refractivity contribution in [2.75, 3.05) is 6.61 Å². The Bertz CT molecular complexity index is 1580. The molecule has 12 heteroatoms. The van der Waals surface area contributed by atoms with Crippen LogP contribution < -0.4 is 0 Å². The van der Waals surface area contributed by atoms with Crippen molar-refractivity contribution in [2.24, 2.45) is 7.05 Å². The molecule has 2 aliphatic heterocycles. The molecule has 6 rings (SSSR count). The fourth-order valence-electron chi connectivity index (χ4n) is 7.49. The zero-order valence-electron chi connectivity index (χ0n) is 24.8. The van der Waals surface area contributed by atoms with Gasteiger partial charge in [0.25, 0.3) is 0 Å². The Balaban J connectivity index is 1.37. The Morgan fingerprint density at radius 3 is 2.09 bits per heavy atom. The summed E-state index contributed by atoms with van der Waals surface area (Å²) in [6.07, 6.45) is -8.31. The van der Waals surface area contributed by atoms with E-state index in [1.54, 1.807) is 4.68 Å². The van der Waals surface area contributed by atoms with Gasteiger partial charge in [0.1, 0.15) is 0 Å². The second-order valence-electron chi connectivity index (χ2n) is 11.9. The molecule has 3 aromatic carbocycles. The molecule has 2 aliphatic rings. The second-order valence-corrected chi connectivity index (χ2v) is 11.9. The number of fused-ring (bicyclic) bond motifs is 2. The Hall–Kier alpha value is -3.77. The molecule has 2 fully saturated rings. The van der Waals surface area contributed by atoms with E-state index in [1.807, 2.05) is 43.4 Å². The topological polar surface area (TPSA) is 56.1 Å². The molecule has 45 heavy (non-hydrogen) atoms. The van der Waals surface area contributed by atoms with E-state index in [4.69, 9.17) is 4.74 Å². The van der Waals surface area contributed by atoms with Crippen molar-refractivity contribution < 1.29 is 31.1 Å². The Morgan fingerprint density at radius 2 is 1.51 bits per heavy atom. The molecule has 0 radical (unpaired) electrons. The highest BCUT2D eigenvalue weighted by molar-refractivity contribution is 5.36. The molecule has 4 aromatic rings. The molecule has 5 unspecified atom stereocenters. The van der Waals surface area contributed by atoms with Crippen LogP contribution in [0, 0.1) is 0 Å². The van der Waals surface area contributed by atoms with E-state index in [0.29, 0.717) is 12.8 Å². The summed E-state index contributed by atoms with van der Waals surface area (Å²) in [5.74, 6) is 0.718. The lowest BCUT2D eigenvalue weighted by atomic mass is 9.77. The number of piperidine rings is 1. The van der Waals surface area contributed by atoms with E-state index < -0.39 is 35.1 Å². The van der Waals surface area contributed by atoms with Gasteiger partial charge in [-0.05, 0) is 77.9 Å². The number of benzene rings is 3. The van der Waals surface area contributed by atoms with Gasteiger partial charge in [-0.25, -0.2) is 4.68 Å². The molecule has 0 amide bonds. The monoisotopic (exact) mass is 629 g/mol. The van der Waals surface area contributed by atoms with Crippen LogP contribution in [0.25, 0.3) is 0 Å². The first-order valence-electron chi connectivity index (χ1n) is 14.9. The highest BCUT2D eigenvalue weighted by Gasteiger charge is 2.62. The minimum atomic E-state index is -4.91. The van der Waals surface area contributed by atoms with Crippen molar-refractivity contribution in [3.63, 3.8) is 0 Å². The van der Waals surface area contributed by atoms with E-state index >= 15 is 0 Å². The summed E-state index contributed by atoms with van der Waals surface area (Å²) in [4.78, 5) is 2.48. The number of ether oxygens (including phenoxy) is 1. The predicted octanol–water partition coefficient (Wildman–Crippen LogP) is 7.48. The molecule has 0 spiro atoms. The molecule has 2 saturated heterocycles. The van der Waals surface area contributed by atoms with Crippen molar-refractivity contribution in [3.05, 3.63) is 113 Å². The van der Waals surface area contributed by atoms with Gasteiger partial charge in [-0.15, -0.1) is 5.10 Å². The Kier molecular flexibility index (Phi) is 8.23. The SMILES string of the molecule is CC(c1ccccc1)N1C2CCC(OCCc3cc(C(F)(F)F)cc(C(F)(F)F)c3)C1(c1ccccc1)CC2c1nnnn1C. The van der Waals surface area contributed by atoms with Gasteiger partial charge in [0.15, 0.2) is 5.82 Å². The first kappa shape index (κ1) is 31.2. The third kappa shape index (κ3) is 5.85. The molecule has 6 nitrogen and oxygen atoms in total. The standard InChI is InChI=1S/C33H33F6N5O/c1-21(23-9-5-3-6-10-23)44-28-13-14-29(45-16-15-22-17-25(32(34,35)36)19-26(18-22)33(37,38)39)31(44,24-11-7-4-8-12-24)20-27(28)30-40-41-42-43(30)2/h3-12,17-19,21,27-29H,13-16,20H2,1-2H3. The van der Waals surface area contributed by atoms with Crippen molar-refractivity contribution in [2.45, 2.75) is 74.6 Å². The summed E-state index contributed by atoms with van der Waals surface area (Å²) >= 11 is 0. The number of halogens is 6. The van der Waals surface area contributed by atoms with Gasteiger partial charge >= 0.3 is 12.4 Å². The molecule has 238 valence electrons. The first-order valence-corrected chi connectivity index (χ1v) is 14.9. The average molecular weight is 630 g/mol. The maximum absolute atomic E-state index is 13.5. The zero-order chi connectivity index (χ0) is 32.0. The molecule has 0 N–H and O–H groups in total. The van der Waals surface area contributed by atoms with Crippen LogP contribution >= 0.6 is 0 Å². The first-order chi connectivity index (χ1) is 21.4. The number of tetrazole rings is 1. The molecule has 1 aromatic heterocycles. The van der Waals surface area contributed by atoms with Crippen LogP contribution in [-0.2, 0) is 36.1 Å². The van der Waals surface area contributed by atoms with E-state index in [-0.39, 0.29) is 42.7 Å². The number of aromatic nitrogens is 4. The second kappa shape index (κ2) is 11.9. The lowest BCUT2D eigenvalue weighted by Crippen LogP contribution is -2.57. The number of rotatable bonds is 8. The number of alkyl halides is 6. The summed E-state index contributed by atoms with van der Waals surface area (Å²) in [5, 5.41) is 12.4. The van der Waals surface area contributed by atoms with E-state index in [1.165, 1.54) is 0 Å². The van der Waals surface area contributed by atoms with Gasteiger partial charge in [-0.2, -0.15) is 26.3 Å². The number of nitrogens with zero attached hydrogens (tertiary/aromatic N) is 5. The summed E-state index contributed by atoms with van der Waals surface area (Å²) in [7, 11) is 1.82. The minimum Gasteiger partial charge on any atom is -0.376 e. The van der Waals surface area contributed by atoms with Gasteiger partial charge < -0.3 is 4.74 Å². The molecular formula is C33H33F6N5O. The van der Waals surface area contributed by atoms with Crippen molar-refractivity contribution in [1.29, 1.82) is 0 Å². The van der Waals surface area contributed by atoms with E-state index in [0.717, 1.165) is 35.5 Å². The number of hydrogen-bond donors (Lipinski definition) is 0. The third-order valence-electron chi connectivity index (χ3n) is 9.39. The number of hydrogen-bond acceptors (Lipinski definition) is 5. The summed E-state index contributed by atoms with van der Waals surface area (Å²) in [5.41, 5.74) is -1.26. The van der Waals surface area contributed by atoms with Gasteiger partial charge in [0, 0.05) is 25.0 Å². The minimum absolute atomic E-state index is 0.0391. The predicted molar refractivity (Wildman–Crippen MR) is 154 cm³/mol. The lowest BCUT2D eigenvalue weighted by molar-refractivity contribution is -0.143.